The first-order valence-electron chi connectivity index (χ1n) is 4.07. The molecule has 0 unspecified atom stereocenters. The van der Waals surface area contributed by atoms with Crippen LogP contribution >= 0.6 is 0 Å². The zero-order valence-electron chi connectivity index (χ0n) is 7.91. The molecule has 12 heavy (non-hydrogen) atoms. The highest BCUT2D eigenvalue weighted by Crippen LogP contribution is 2.20. The fraction of sp³-hybridized carbons (Fsp3) is 0.556. The summed E-state index contributed by atoms with van der Waals surface area (Å²) in [5.41, 5.74) is -0.0317. The molecule has 0 N–H and O–H groups in total. The summed E-state index contributed by atoms with van der Waals surface area (Å²) in [5, 5.41) is 6.05. The first kappa shape index (κ1) is 8.97. The lowest BCUT2D eigenvalue weighted by atomic mass is 10.1. The van der Waals surface area contributed by atoms with E-state index in [1.807, 2.05) is 11.9 Å². The third-order valence-electron chi connectivity index (χ3n) is 1.66. The van der Waals surface area contributed by atoms with Gasteiger partial charge in [0.15, 0.2) is 0 Å². The lowest BCUT2D eigenvalue weighted by molar-refractivity contribution is 0.393. The fourth-order valence-electron chi connectivity index (χ4n) is 1.24. The highest BCUT2D eigenvalue weighted by Gasteiger charge is 2.29. The van der Waals surface area contributed by atoms with E-state index in [2.05, 4.69) is 30.5 Å². The Morgan fingerprint density at radius 3 is 2.83 bits per heavy atom. The van der Waals surface area contributed by atoms with Gasteiger partial charge >= 0.3 is 0 Å². The number of hydrazone groups is 1. The minimum Gasteiger partial charge on any atom is -0.259 e. The number of hydrogen-bond donors (Lipinski definition) is 0. The van der Waals surface area contributed by atoms with Crippen LogP contribution in [-0.2, 0) is 0 Å². The van der Waals surface area contributed by atoms with Crippen LogP contribution in [0.1, 0.15) is 20.8 Å². The van der Waals surface area contributed by atoms with Crippen molar-refractivity contribution in [3.8, 4) is 0 Å². The third kappa shape index (κ3) is 1.72. The van der Waals surface area contributed by atoms with Crippen molar-refractivity contribution >= 4 is 12.1 Å². The number of hydrogen-bond acceptors (Lipinski definition) is 3. The Labute approximate surface area is 73.5 Å². The molecular formula is C9H15N3. The van der Waals surface area contributed by atoms with E-state index < -0.39 is 0 Å². The molecule has 0 radical (unpaired) electrons. The van der Waals surface area contributed by atoms with Gasteiger partial charge in [0.1, 0.15) is 5.84 Å². The molecule has 0 aliphatic carbocycles. The molecule has 0 saturated heterocycles. The molecule has 0 spiro atoms. The molecule has 0 aromatic carbocycles. The summed E-state index contributed by atoms with van der Waals surface area (Å²) >= 11 is 0. The summed E-state index contributed by atoms with van der Waals surface area (Å²) in [5.74, 6) is 0.859. The van der Waals surface area contributed by atoms with Gasteiger partial charge in [-0.25, -0.2) is 5.01 Å². The molecule has 0 aromatic heterocycles. The number of amidine groups is 1. The van der Waals surface area contributed by atoms with Crippen molar-refractivity contribution in [1.82, 2.24) is 5.01 Å². The second-order valence-corrected chi connectivity index (χ2v) is 3.42. The molecular weight excluding hydrogens is 150 g/mol. The van der Waals surface area contributed by atoms with E-state index in [9.17, 15) is 0 Å². The normalized spacial score (nSPS) is 21.6. The van der Waals surface area contributed by atoms with Crippen LogP contribution in [0.15, 0.2) is 22.7 Å². The van der Waals surface area contributed by atoms with Crippen LogP contribution in [-0.4, -0.2) is 29.1 Å². The van der Waals surface area contributed by atoms with E-state index >= 15 is 0 Å². The molecule has 0 bridgehead atoms. The van der Waals surface area contributed by atoms with Crippen LogP contribution in [0, 0.1) is 0 Å². The van der Waals surface area contributed by atoms with Crippen LogP contribution in [0.3, 0.4) is 0 Å². The van der Waals surface area contributed by atoms with E-state index in [-0.39, 0.29) is 5.54 Å². The molecule has 1 aliphatic heterocycles. The molecule has 0 aromatic rings. The molecule has 3 nitrogen and oxygen atoms in total. The van der Waals surface area contributed by atoms with Crippen molar-refractivity contribution in [2.45, 2.75) is 26.3 Å². The first-order chi connectivity index (χ1) is 5.59. The Morgan fingerprint density at radius 1 is 1.67 bits per heavy atom. The van der Waals surface area contributed by atoms with Crippen LogP contribution < -0.4 is 0 Å². The van der Waals surface area contributed by atoms with E-state index in [0.29, 0.717) is 0 Å². The third-order valence-corrected chi connectivity index (χ3v) is 1.66. The Hall–Kier alpha value is -1.12. The molecule has 1 heterocycles. The standard InChI is InChI=1S/C9H15N3/c1-5-8-11-9(3,4)7-12(8)10-6-2/h5-6H,1,7H2,2-4H3/b10-6-. The van der Waals surface area contributed by atoms with Gasteiger partial charge < -0.3 is 0 Å². The van der Waals surface area contributed by atoms with Crippen molar-refractivity contribution < 1.29 is 0 Å². The predicted molar refractivity (Wildman–Crippen MR) is 52.6 cm³/mol. The molecule has 1 rings (SSSR count). The number of aliphatic imine (C=N–C) groups is 1. The molecule has 0 atom stereocenters. The Bertz CT molecular complexity index is 238. The van der Waals surface area contributed by atoms with Gasteiger partial charge in [-0.2, -0.15) is 5.10 Å². The first-order valence-corrected chi connectivity index (χ1v) is 4.07. The van der Waals surface area contributed by atoms with Gasteiger partial charge in [-0.15, -0.1) is 0 Å². The van der Waals surface area contributed by atoms with Crippen molar-refractivity contribution in [2.75, 3.05) is 6.54 Å². The lowest BCUT2D eigenvalue weighted by Gasteiger charge is -2.15. The summed E-state index contributed by atoms with van der Waals surface area (Å²) in [7, 11) is 0. The SMILES string of the molecule is C=CC1=NC(C)(C)CN1/N=C\C. The monoisotopic (exact) mass is 165 g/mol. The molecule has 0 amide bonds. The molecule has 0 fully saturated rings. The molecule has 0 saturated carbocycles. The summed E-state index contributed by atoms with van der Waals surface area (Å²) in [6.07, 6.45) is 3.50. The van der Waals surface area contributed by atoms with Gasteiger partial charge in [0.2, 0.25) is 0 Å². The maximum absolute atomic E-state index is 4.45. The van der Waals surface area contributed by atoms with Crippen molar-refractivity contribution in [3.63, 3.8) is 0 Å². The Kier molecular flexibility index (Phi) is 2.31. The average molecular weight is 165 g/mol. The Balaban J connectivity index is 2.83. The van der Waals surface area contributed by atoms with Gasteiger partial charge in [-0.3, -0.25) is 4.99 Å². The summed E-state index contributed by atoms with van der Waals surface area (Å²) in [6.45, 7) is 10.6. The van der Waals surface area contributed by atoms with Gasteiger partial charge in [-0.1, -0.05) is 6.58 Å². The van der Waals surface area contributed by atoms with Gasteiger partial charge in [0, 0.05) is 6.21 Å². The maximum Gasteiger partial charge on any atom is 0.144 e. The second-order valence-electron chi connectivity index (χ2n) is 3.42. The number of nitrogens with zero attached hydrogens (tertiary/aromatic N) is 3. The number of rotatable bonds is 2. The van der Waals surface area contributed by atoms with E-state index in [1.165, 1.54) is 0 Å². The summed E-state index contributed by atoms with van der Waals surface area (Å²) in [4.78, 5) is 4.45. The molecule has 1 aliphatic rings. The zero-order valence-corrected chi connectivity index (χ0v) is 7.91. The molecule has 66 valence electrons. The minimum atomic E-state index is -0.0317. The Morgan fingerprint density at radius 2 is 2.33 bits per heavy atom. The van der Waals surface area contributed by atoms with Crippen LogP contribution in [0.25, 0.3) is 0 Å². The van der Waals surface area contributed by atoms with Gasteiger partial charge in [0.05, 0.1) is 12.1 Å². The average Bonchev–Trinajstić information content (AvgIpc) is 2.26. The highest BCUT2D eigenvalue weighted by molar-refractivity contribution is 5.94. The van der Waals surface area contributed by atoms with Crippen LogP contribution in [0.4, 0.5) is 0 Å². The van der Waals surface area contributed by atoms with Gasteiger partial charge in [0.25, 0.3) is 0 Å². The fourth-order valence-corrected chi connectivity index (χ4v) is 1.24. The van der Waals surface area contributed by atoms with E-state index in [4.69, 9.17) is 0 Å². The second kappa shape index (κ2) is 3.09. The highest BCUT2D eigenvalue weighted by atomic mass is 15.5. The lowest BCUT2D eigenvalue weighted by Crippen LogP contribution is -2.27. The van der Waals surface area contributed by atoms with Crippen LogP contribution in [0.2, 0.25) is 0 Å². The largest absolute Gasteiger partial charge is 0.259 e. The predicted octanol–water partition coefficient (Wildman–Crippen LogP) is 1.67. The topological polar surface area (TPSA) is 28.0 Å². The van der Waals surface area contributed by atoms with E-state index in [1.54, 1.807) is 12.3 Å². The van der Waals surface area contributed by atoms with Crippen LogP contribution in [0.5, 0.6) is 0 Å². The quantitative estimate of drug-likeness (QED) is 0.572. The van der Waals surface area contributed by atoms with Crippen molar-refractivity contribution in [2.24, 2.45) is 10.1 Å². The molecule has 3 heteroatoms. The maximum atomic E-state index is 4.45. The minimum absolute atomic E-state index is 0.0317. The van der Waals surface area contributed by atoms with Gasteiger partial charge in [-0.05, 0) is 26.8 Å². The smallest absolute Gasteiger partial charge is 0.144 e. The summed E-state index contributed by atoms with van der Waals surface area (Å²) in [6, 6.07) is 0. The van der Waals surface area contributed by atoms with Crippen molar-refractivity contribution in [1.29, 1.82) is 0 Å². The summed E-state index contributed by atoms with van der Waals surface area (Å²) < 4.78 is 0. The van der Waals surface area contributed by atoms with Crippen molar-refractivity contribution in [3.05, 3.63) is 12.7 Å². The van der Waals surface area contributed by atoms with E-state index in [0.717, 1.165) is 12.4 Å². The zero-order chi connectivity index (χ0) is 9.19.